The predicted molar refractivity (Wildman–Crippen MR) is 108 cm³/mol. The van der Waals surface area contributed by atoms with Gasteiger partial charge in [0.15, 0.2) is 0 Å². The van der Waals surface area contributed by atoms with Gasteiger partial charge in [0, 0.05) is 30.7 Å². The number of benzene rings is 1. The highest BCUT2D eigenvalue weighted by atomic mass is 16.6. The summed E-state index contributed by atoms with van der Waals surface area (Å²) < 4.78 is 5.29. The number of para-hydroxylation sites is 1. The van der Waals surface area contributed by atoms with Gasteiger partial charge in [0.1, 0.15) is 5.75 Å². The number of rotatable bonds is 7. The molecular weight excluding hydrogens is 338 g/mol. The number of carbonyl (C=O) groups excluding carboxylic acids is 1. The zero-order valence-corrected chi connectivity index (χ0v) is 16.0. The Hall–Kier alpha value is -2.40. The van der Waals surface area contributed by atoms with Crippen LogP contribution in [0, 0.1) is 5.92 Å². The molecule has 2 N–H and O–H groups in total. The molecule has 27 heavy (non-hydrogen) atoms. The van der Waals surface area contributed by atoms with Crippen molar-refractivity contribution in [1.29, 1.82) is 0 Å². The van der Waals surface area contributed by atoms with E-state index in [4.69, 9.17) is 4.74 Å². The minimum atomic E-state index is -0.496. The lowest BCUT2D eigenvalue weighted by Crippen LogP contribution is -2.29. The average molecular weight is 367 g/mol. The third kappa shape index (κ3) is 6.36. The van der Waals surface area contributed by atoms with Crippen LogP contribution in [-0.4, -0.2) is 17.1 Å². The fraction of sp³-hybridized carbons (Fsp3) is 0.455. The summed E-state index contributed by atoms with van der Waals surface area (Å²) in [5, 5.41) is 6.45. The summed E-state index contributed by atoms with van der Waals surface area (Å²) >= 11 is 0. The summed E-state index contributed by atoms with van der Waals surface area (Å²) in [4.78, 5) is 16.1. The molecule has 0 aliphatic heterocycles. The molecule has 1 aliphatic rings. The van der Waals surface area contributed by atoms with Crippen LogP contribution >= 0.6 is 0 Å². The third-order valence-electron chi connectivity index (χ3n) is 5.17. The van der Waals surface area contributed by atoms with E-state index in [0.717, 1.165) is 23.7 Å². The molecule has 1 aromatic carbocycles. The molecule has 144 valence electrons. The van der Waals surface area contributed by atoms with Gasteiger partial charge in [-0.2, -0.15) is 0 Å². The number of nitrogens with zero attached hydrogens (tertiary/aromatic N) is 1. The molecule has 1 unspecified atom stereocenters. The standard InChI is InChI=1S/C22H29N3O2/c1-17(15-18-7-3-2-4-8-18)24-16-19-9-5-6-10-21(19)25-22(26)27-20-11-13-23-14-12-20/h5-6,9-14,17-18,24H,2-4,7-8,15-16H2,1H3,(H,25,26). The summed E-state index contributed by atoms with van der Waals surface area (Å²) in [6.45, 7) is 2.97. The summed E-state index contributed by atoms with van der Waals surface area (Å²) in [5.41, 5.74) is 1.83. The van der Waals surface area contributed by atoms with Crippen LogP contribution in [0.3, 0.4) is 0 Å². The number of carbonyl (C=O) groups is 1. The molecule has 1 atom stereocenters. The van der Waals surface area contributed by atoms with E-state index < -0.39 is 6.09 Å². The fourth-order valence-electron chi connectivity index (χ4n) is 3.74. The van der Waals surface area contributed by atoms with Gasteiger partial charge in [-0.25, -0.2) is 4.79 Å². The largest absolute Gasteiger partial charge is 0.417 e. The Bertz CT molecular complexity index is 715. The van der Waals surface area contributed by atoms with E-state index in [1.165, 1.54) is 38.5 Å². The van der Waals surface area contributed by atoms with Crippen LogP contribution in [0.5, 0.6) is 5.75 Å². The minimum Gasteiger partial charge on any atom is -0.410 e. The van der Waals surface area contributed by atoms with Gasteiger partial charge in [-0.05, 0) is 43.0 Å². The number of anilines is 1. The van der Waals surface area contributed by atoms with Crippen molar-refractivity contribution < 1.29 is 9.53 Å². The van der Waals surface area contributed by atoms with Crippen LogP contribution in [0.2, 0.25) is 0 Å². The van der Waals surface area contributed by atoms with E-state index in [2.05, 4.69) is 22.5 Å². The van der Waals surface area contributed by atoms with E-state index in [1.54, 1.807) is 24.5 Å². The third-order valence-corrected chi connectivity index (χ3v) is 5.17. The van der Waals surface area contributed by atoms with Crippen molar-refractivity contribution in [3.05, 3.63) is 54.4 Å². The zero-order valence-electron chi connectivity index (χ0n) is 16.0. The second kappa shape index (κ2) is 10.1. The van der Waals surface area contributed by atoms with Gasteiger partial charge in [0.05, 0.1) is 0 Å². The average Bonchev–Trinajstić information content (AvgIpc) is 2.69. The van der Waals surface area contributed by atoms with Gasteiger partial charge in [-0.15, -0.1) is 0 Å². The topological polar surface area (TPSA) is 63.2 Å². The minimum absolute atomic E-state index is 0.463. The smallest absolute Gasteiger partial charge is 0.410 e. The van der Waals surface area contributed by atoms with E-state index in [-0.39, 0.29) is 0 Å². The highest BCUT2D eigenvalue weighted by molar-refractivity contribution is 5.87. The molecule has 1 amide bonds. The van der Waals surface area contributed by atoms with Crippen LogP contribution in [0.1, 0.15) is 51.0 Å². The molecule has 1 heterocycles. The fourth-order valence-corrected chi connectivity index (χ4v) is 3.74. The molecule has 1 saturated carbocycles. The molecule has 1 fully saturated rings. The quantitative estimate of drug-likeness (QED) is 0.711. The first-order valence-electron chi connectivity index (χ1n) is 9.91. The Morgan fingerprint density at radius 2 is 1.89 bits per heavy atom. The normalized spacial score (nSPS) is 15.9. The maximum absolute atomic E-state index is 12.2. The molecule has 0 bridgehead atoms. The summed E-state index contributed by atoms with van der Waals surface area (Å²) in [5.74, 6) is 1.32. The van der Waals surface area contributed by atoms with Crippen molar-refractivity contribution in [2.75, 3.05) is 5.32 Å². The molecule has 3 rings (SSSR count). The van der Waals surface area contributed by atoms with Gasteiger partial charge in [0.2, 0.25) is 0 Å². The number of aromatic nitrogens is 1. The SMILES string of the molecule is CC(CC1CCCCC1)NCc1ccccc1NC(=O)Oc1ccncc1. The second-order valence-corrected chi connectivity index (χ2v) is 7.38. The first-order chi connectivity index (χ1) is 13.2. The van der Waals surface area contributed by atoms with Gasteiger partial charge >= 0.3 is 6.09 Å². The molecule has 5 heteroatoms. The van der Waals surface area contributed by atoms with E-state index in [1.807, 2.05) is 24.3 Å². The van der Waals surface area contributed by atoms with Gasteiger partial charge in [0.25, 0.3) is 0 Å². The van der Waals surface area contributed by atoms with Crippen molar-refractivity contribution in [2.24, 2.45) is 5.92 Å². The molecule has 2 aromatic rings. The summed E-state index contributed by atoms with van der Waals surface area (Å²) in [7, 11) is 0. The lowest BCUT2D eigenvalue weighted by atomic mass is 9.85. The number of ether oxygens (including phenoxy) is 1. The number of pyridine rings is 1. The molecule has 0 radical (unpaired) electrons. The number of nitrogens with one attached hydrogen (secondary N) is 2. The van der Waals surface area contributed by atoms with E-state index in [0.29, 0.717) is 11.8 Å². The maximum atomic E-state index is 12.2. The van der Waals surface area contributed by atoms with Crippen molar-refractivity contribution in [2.45, 2.75) is 58.0 Å². The molecule has 5 nitrogen and oxygen atoms in total. The van der Waals surface area contributed by atoms with Crippen LogP contribution in [0.15, 0.2) is 48.8 Å². The number of hydrogen-bond acceptors (Lipinski definition) is 4. The van der Waals surface area contributed by atoms with E-state index in [9.17, 15) is 4.79 Å². The molecule has 0 saturated heterocycles. The van der Waals surface area contributed by atoms with Gasteiger partial charge in [-0.3, -0.25) is 10.3 Å². The summed E-state index contributed by atoms with van der Waals surface area (Å²) in [6, 6.07) is 11.6. The van der Waals surface area contributed by atoms with Gasteiger partial charge in [-0.1, -0.05) is 50.3 Å². The Kier molecular flexibility index (Phi) is 7.22. The predicted octanol–water partition coefficient (Wildman–Crippen LogP) is 5.14. The highest BCUT2D eigenvalue weighted by Gasteiger charge is 2.16. The Morgan fingerprint density at radius 3 is 2.67 bits per heavy atom. The zero-order chi connectivity index (χ0) is 18.9. The first-order valence-corrected chi connectivity index (χ1v) is 9.91. The van der Waals surface area contributed by atoms with Crippen LogP contribution in [0.25, 0.3) is 0 Å². The lowest BCUT2D eigenvalue weighted by Gasteiger charge is -2.25. The van der Waals surface area contributed by atoms with Crippen LogP contribution in [-0.2, 0) is 6.54 Å². The monoisotopic (exact) mass is 367 g/mol. The summed E-state index contributed by atoms with van der Waals surface area (Å²) in [6.07, 6.45) is 10.8. The first kappa shape index (κ1) is 19.4. The van der Waals surface area contributed by atoms with Crippen molar-refractivity contribution in [3.8, 4) is 5.75 Å². The Morgan fingerprint density at radius 1 is 1.15 bits per heavy atom. The molecular formula is C22H29N3O2. The number of hydrogen-bond donors (Lipinski definition) is 2. The lowest BCUT2D eigenvalue weighted by molar-refractivity contribution is 0.215. The maximum Gasteiger partial charge on any atom is 0.417 e. The van der Waals surface area contributed by atoms with E-state index >= 15 is 0 Å². The van der Waals surface area contributed by atoms with Gasteiger partial charge < -0.3 is 10.1 Å². The molecule has 0 spiro atoms. The second-order valence-electron chi connectivity index (χ2n) is 7.38. The van der Waals surface area contributed by atoms with Crippen LogP contribution < -0.4 is 15.4 Å². The molecule has 1 aliphatic carbocycles. The van der Waals surface area contributed by atoms with Crippen molar-refractivity contribution >= 4 is 11.8 Å². The highest BCUT2D eigenvalue weighted by Crippen LogP contribution is 2.27. The van der Waals surface area contributed by atoms with Crippen molar-refractivity contribution in [3.63, 3.8) is 0 Å². The Balaban J connectivity index is 1.51. The van der Waals surface area contributed by atoms with Crippen molar-refractivity contribution in [1.82, 2.24) is 10.3 Å². The number of amides is 1. The Labute approximate surface area is 161 Å². The van der Waals surface area contributed by atoms with Crippen LogP contribution in [0.4, 0.5) is 10.5 Å². The molecule has 1 aromatic heterocycles.